The Balaban J connectivity index is 1.97. The van der Waals surface area contributed by atoms with Crippen molar-refractivity contribution in [2.75, 3.05) is 27.6 Å². The van der Waals surface area contributed by atoms with Crippen LogP contribution in [0.2, 0.25) is 0 Å². The first-order valence-corrected chi connectivity index (χ1v) is 9.22. The Morgan fingerprint density at radius 1 is 1.03 bits per heavy atom. The minimum absolute atomic E-state index is 0.0264. The van der Waals surface area contributed by atoms with E-state index in [1.165, 1.54) is 14.0 Å². The van der Waals surface area contributed by atoms with Crippen LogP contribution in [0.4, 0.5) is 0 Å². The third kappa shape index (κ3) is 3.52. The Kier molecular flexibility index (Phi) is 5.22. The van der Waals surface area contributed by atoms with Gasteiger partial charge in [0, 0.05) is 24.5 Å². The van der Waals surface area contributed by atoms with Gasteiger partial charge in [-0.05, 0) is 23.8 Å². The van der Waals surface area contributed by atoms with E-state index < -0.39 is 17.9 Å². The monoisotopic (exact) mass is 412 g/mol. The van der Waals surface area contributed by atoms with Gasteiger partial charge in [-0.3, -0.25) is 4.79 Å². The fourth-order valence-electron chi connectivity index (χ4n) is 3.58. The minimum Gasteiger partial charge on any atom is -0.497 e. The van der Waals surface area contributed by atoms with Crippen LogP contribution < -0.4 is 18.9 Å². The van der Waals surface area contributed by atoms with Crippen LogP contribution in [0.1, 0.15) is 24.0 Å². The molecule has 0 bridgehead atoms. The van der Waals surface area contributed by atoms with Crippen molar-refractivity contribution in [3.63, 3.8) is 0 Å². The molecule has 1 atom stereocenters. The quantitative estimate of drug-likeness (QED) is 0.529. The fourth-order valence-corrected chi connectivity index (χ4v) is 3.58. The molecule has 2 aliphatic heterocycles. The molecule has 8 heteroatoms. The second-order valence-electron chi connectivity index (χ2n) is 6.66. The summed E-state index contributed by atoms with van der Waals surface area (Å²) in [4.78, 5) is 24.5. The maximum atomic E-state index is 12.7. The Morgan fingerprint density at radius 3 is 2.50 bits per heavy atom. The molecule has 0 saturated carbocycles. The SMILES string of the molecule is COC1=C([C@@H](c2cccc(OC)c2)c2cc3c(cc2OC(C)=O)OCO3)C(=O)OC1. The Labute approximate surface area is 172 Å². The van der Waals surface area contributed by atoms with Crippen molar-refractivity contribution in [2.24, 2.45) is 0 Å². The highest BCUT2D eigenvalue weighted by atomic mass is 16.7. The van der Waals surface area contributed by atoms with E-state index in [2.05, 4.69) is 0 Å². The van der Waals surface area contributed by atoms with Crippen molar-refractivity contribution in [3.8, 4) is 23.0 Å². The van der Waals surface area contributed by atoms with Gasteiger partial charge in [0.1, 0.15) is 23.9 Å². The van der Waals surface area contributed by atoms with Gasteiger partial charge in [-0.25, -0.2) is 4.79 Å². The Bertz CT molecular complexity index is 1040. The summed E-state index contributed by atoms with van der Waals surface area (Å²) in [5.41, 5.74) is 1.58. The predicted molar refractivity (Wildman–Crippen MR) is 104 cm³/mol. The van der Waals surface area contributed by atoms with Gasteiger partial charge in [0.2, 0.25) is 6.79 Å². The van der Waals surface area contributed by atoms with Gasteiger partial charge in [0.25, 0.3) is 0 Å². The van der Waals surface area contributed by atoms with Crippen LogP contribution in [-0.2, 0) is 19.1 Å². The number of carbonyl (C=O) groups excluding carboxylic acids is 2. The first kappa shape index (κ1) is 19.6. The van der Waals surface area contributed by atoms with Crippen LogP contribution >= 0.6 is 0 Å². The van der Waals surface area contributed by atoms with Crippen molar-refractivity contribution in [2.45, 2.75) is 12.8 Å². The molecule has 0 amide bonds. The standard InChI is InChI=1S/C22H20O8/c1-12(23)30-16-9-18-17(28-11-29-18)8-15(16)20(13-5-4-6-14(7-13)25-2)21-19(26-3)10-27-22(21)24/h4-9,20H,10-11H2,1-3H3/t20-/m0/s1. The summed E-state index contributed by atoms with van der Waals surface area (Å²) in [5, 5.41) is 0. The number of hydrogen-bond acceptors (Lipinski definition) is 8. The van der Waals surface area contributed by atoms with E-state index in [1.54, 1.807) is 31.4 Å². The van der Waals surface area contributed by atoms with E-state index in [0.29, 0.717) is 34.1 Å². The molecule has 4 rings (SSSR count). The maximum Gasteiger partial charge on any atom is 0.338 e. The number of ether oxygens (including phenoxy) is 6. The molecule has 0 unspecified atom stereocenters. The second kappa shape index (κ2) is 7.98. The molecule has 0 aliphatic carbocycles. The molecular formula is C22H20O8. The van der Waals surface area contributed by atoms with E-state index in [4.69, 9.17) is 28.4 Å². The Hall–Kier alpha value is -3.68. The third-order valence-corrected chi connectivity index (χ3v) is 4.89. The average Bonchev–Trinajstić information content (AvgIpc) is 3.34. The van der Waals surface area contributed by atoms with Crippen LogP contribution in [0.15, 0.2) is 47.7 Å². The summed E-state index contributed by atoms with van der Waals surface area (Å²) in [7, 11) is 3.04. The predicted octanol–water partition coefficient (Wildman–Crippen LogP) is 2.94. The minimum atomic E-state index is -0.658. The molecule has 2 aromatic carbocycles. The molecule has 0 saturated heterocycles. The highest BCUT2D eigenvalue weighted by Gasteiger charge is 2.37. The third-order valence-electron chi connectivity index (χ3n) is 4.89. The van der Waals surface area contributed by atoms with E-state index >= 15 is 0 Å². The van der Waals surface area contributed by atoms with E-state index in [-0.39, 0.29) is 19.1 Å². The van der Waals surface area contributed by atoms with Gasteiger partial charge >= 0.3 is 11.9 Å². The zero-order valence-corrected chi connectivity index (χ0v) is 16.7. The number of carbonyl (C=O) groups is 2. The summed E-state index contributed by atoms with van der Waals surface area (Å²) in [6.45, 7) is 1.38. The molecule has 156 valence electrons. The van der Waals surface area contributed by atoms with Crippen LogP contribution in [0.25, 0.3) is 0 Å². The van der Waals surface area contributed by atoms with Gasteiger partial charge in [-0.2, -0.15) is 0 Å². The molecule has 0 radical (unpaired) electrons. The number of benzene rings is 2. The zero-order valence-electron chi connectivity index (χ0n) is 16.7. The number of fused-ring (bicyclic) bond motifs is 1. The van der Waals surface area contributed by atoms with Crippen LogP contribution in [0, 0.1) is 0 Å². The molecule has 2 heterocycles. The summed E-state index contributed by atoms with van der Waals surface area (Å²) < 4.78 is 32.4. The lowest BCUT2D eigenvalue weighted by Gasteiger charge is -2.22. The lowest BCUT2D eigenvalue weighted by molar-refractivity contribution is -0.136. The summed E-state index contributed by atoms with van der Waals surface area (Å²) in [6, 6.07) is 10.6. The maximum absolute atomic E-state index is 12.7. The molecule has 0 N–H and O–H groups in total. The van der Waals surface area contributed by atoms with Gasteiger partial charge in [0.15, 0.2) is 11.5 Å². The number of esters is 2. The largest absolute Gasteiger partial charge is 0.497 e. The highest BCUT2D eigenvalue weighted by molar-refractivity contribution is 5.94. The lowest BCUT2D eigenvalue weighted by Crippen LogP contribution is -2.15. The number of methoxy groups -OCH3 is 2. The smallest absolute Gasteiger partial charge is 0.338 e. The normalized spacial score (nSPS) is 15.6. The first-order valence-electron chi connectivity index (χ1n) is 9.22. The second-order valence-corrected chi connectivity index (χ2v) is 6.66. The van der Waals surface area contributed by atoms with Gasteiger partial charge in [-0.15, -0.1) is 0 Å². The first-order chi connectivity index (χ1) is 14.5. The van der Waals surface area contributed by atoms with Crippen LogP contribution in [0.3, 0.4) is 0 Å². The molecule has 2 aromatic rings. The Morgan fingerprint density at radius 2 is 1.80 bits per heavy atom. The number of rotatable bonds is 6. The van der Waals surface area contributed by atoms with Gasteiger partial charge in [-0.1, -0.05) is 12.1 Å². The summed E-state index contributed by atoms with van der Waals surface area (Å²) in [5.74, 6) is 0.531. The molecule has 30 heavy (non-hydrogen) atoms. The molecule has 0 fully saturated rings. The average molecular weight is 412 g/mol. The number of cyclic esters (lactones) is 1. The van der Waals surface area contributed by atoms with Gasteiger partial charge < -0.3 is 28.4 Å². The van der Waals surface area contributed by atoms with Crippen molar-refractivity contribution >= 4 is 11.9 Å². The van der Waals surface area contributed by atoms with Crippen molar-refractivity contribution in [1.29, 1.82) is 0 Å². The zero-order chi connectivity index (χ0) is 21.3. The highest BCUT2D eigenvalue weighted by Crippen LogP contribution is 2.47. The van der Waals surface area contributed by atoms with Crippen LogP contribution in [0.5, 0.6) is 23.0 Å². The topological polar surface area (TPSA) is 89.5 Å². The molecule has 2 aliphatic rings. The van der Waals surface area contributed by atoms with Crippen molar-refractivity contribution < 1.29 is 38.0 Å². The molecule has 8 nitrogen and oxygen atoms in total. The summed E-state index contributed by atoms with van der Waals surface area (Å²) in [6.07, 6.45) is 0. The van der Waals surface area contributed by atoms with Crippen molar-refractivity contribution in [3.05, 3.63) is 58.9 Å². The molecular weight excluding hydrogens is 392 g/mol. The fraction of sp³-hybridized carbons (Fsp3) is 0.273. The number of hydrogen-bond donors (Lipinski definition) is 0. The molecule has 0 spiro atoms. The van der Waals surface area contributed by atoms with Crippen molar-refractivity contribution in [1.82, 2.24) is 0 Å². The van der Waals surface area contributed by atoms with E-state index in [0.717, 1.165) is 5.56 Å². The summed E-state index contributed by atoms with van der Waals surface area (Å²) >= 11 is 0. The van der Waals surface area contributed by atoms with E-state index in [1.807, 2.05) is 12.1 Å². The molecule has 0 aromatic heterocycles. The van der Waals surface area contributed by atoms with E-state index in [9.17, 15) is 9.59 Å². The lowest BCUT2D eigenvalue weighted by atomic mass is 9.83. The van der Waals surface area contributed by atoms with Crippen LogP contribution in [-0.4, -0.2) is 39.6 Å². The van der Waals surface area contributed by atoms with Gasteiger partial charge in [0.05, 0.1) is 19.8 Å².